The maximum atomic E-state index is 12.3. The standard InChI is InChI=1S/C20H20BrN3O6S2/c1-24-18(25)16(32-20(24)26)6-11-5-14(15(7-13(11)21)30-10-27-2)29-9-12-8-22-19(31-4)23-17(12)28-3/h5-8H,9-10H2,1-4H3/b16-6-. The highest BCUT2D eigenvalue weighted by atomic mass is 79.9. The van der Waals surface area contributed by atoms with Crippen molar-refractivity contribution in [2.24, 2.45) is 0 Å². The molecule has 0 aliphatic carbocycles. The number of carbonyl (C=O) groups is 2. The first-order valence-corrected chi connectivity index (χ1v) is 11.9. The van der Waals surface area contributed by atoms with Crippen molar-refractivity contribution in [3.63, 3.8) is 0 Å². The van der Waals surface area contributed by atoms with Crippen molar-refractivity contribution in [1.29, 1.82) is 0 Å². The molecule has 1 aliphatic rings. The summed E-state index contributed by atoms with van der Waals surface area (Å²) in [5, 5.41) is 0.264. The lowest BCUT2D eigenvalue weighted by atomic mass is 10.2. The van der Waals surface area contributed by atoms with Crippen LogP contribution in [0.5, 0.6) is 17.4 Å². The Bertz CT molecular complexity index is 1070. The summed E-state index contributed by atoms with van der Waals surface area (Å²) in [4.78, 5) is 34.0. The van der Waals surface area contributed by atoms with Gasteiger partial charge in [-0.1, -0.05) is 27.7 Å². The molecular formula is C20H20BrN3O6S2. The third-order valence-electron chi connectivity index (χ3n) is 4.23. The molecule has 12 heteroatoms. The van der Waals surface area contributed by atoms with Crippen LogP contribution >= 0.6 is 39.5 Å². The van der Waals surface area contributed by atoms with Crippen LogP contribution in [0.1, 0.15) is 11.1 Å². The average molecular weight is 542 g/mol. The molecule has 1 aromatic carbocycles. The van der Waals surface area contributed by atoms with E-state index in [1.807, 2.05) is 6.26 Å². The molecule has 0 radical (unpaired) electrons. The van der Waals surface area contributed by atoms with Crippen LogP contribution in [0.25, 0.3) is 6.08 Å². The fourth-order valence-corrected chi connectivity index (χ4v) is 4.19. The number of likely N-dealkylation sites (N-methyl/N-ethyl adjacent to an activating group) is 1. The van der Waals surface area contributed by atoms with Crippen molar-refractivity contribution in [3.8, 4) is 17.4 Å². The molecule has 170 valence electrons. The van der Waals surface area contributed by atoms with Crippen LogP contribution < -0.4 is 14.2 Å². The molecule has 1 aromatic heterocycles. The second-order valence-corrected chi connectivity index (χ2v) is 8.91. The fraction of sp³-hybridized carbons (Fsp3) is 0.300. The van der Waals surface area contributed by atoms with E-state index in [0.717, 1.165) is 16.7 Å². The summed E-state index contributed by atoms with van der Waals surface area (Å²) < 4.78 is 22.6. The average Bonchev–Trinajstić information content (AvgIpc) is 3.04. The topological polar surface area (TPSA) is 100 Å². The van der Waals surface area contributed by atoms with E-state index in [0.29, 0.717) is 43.0 Å². The molecular weight excluding hydrogens is 522 g/mol. The van der Waals surface area contributed by atoms with E-state index < -0.39 is 0 Å². The normalized spacial score (nSPS) is 14.9. The maximum Gasteiger partial charge on any atom is 0.293 e. The Labute approximate surface area is 202 Å². The number of halogens is 1. The van der Waals surface area contributed by atoms with Crippen LogP contribution in [-0.2, 0) is 16.1 Å². The van der Waals surface area contributed by atoms with Gasteiger partial charge in [-0.3, -0.25) is 14.5 Å². The zero-order valence-electron chi connectivity index (χ0n) is 17.7. The van der Waals surface area contributed by atoms with E-state index in [-0.39, 0.29) is 24.5 Å². The summed E-state index contributed by atoms with van der Waals surface area (Å²) in [7, 11) is 4.49. The molecule has 0 bridgehead atoms. The van der Waals surface area contributed by atoms with E-state index in [1.54, 1.807) is 24.4 Å². The molecule has 1 aliphatic heterocycles. The van der Waals surface area contributed by atoms with Crippen LogP contribution in [0, 0.1) is 0 Å². The predicted octanol–water partition coefficient (Wildman–Crippen LogP) is 4.20. The van der Waals surface area contributed by atoms with Gasteiger partial charge in [-0.15, -0.1) is 0 Å². The summed E-state index contributed by atoms with van der Waals surface area (Å²) in [5.74, 6) is 0.894. The number of hydrogen-bond acceptors (Lipinski definition) is 10. The van der Waals surface area contributed by atoms with Gasteiger partial charge in [0.2, 0.25) is 5.88 Å². The molecule has 0 unspecified atom stereocenters. The van der Waals surface area contributed by atoms with Gasteiger partial charge in [0.1, 0.15) is 6.61 Å². The Hall–Kier alpha value is -2.28. The Balaban J connectivity index is 1.92. The van der Waals surface area contributed by atoms with Gasteiger partial charge in [-0.05, 0) is 41.8 Å². The van der Waals surface area contributed by atoms with Gasteiger partial charge in [0, 0.05) is 24.8 Å². The lowest BCUT2D eigenvalue weighted by Crippen LogP contribution is -2.22. The van der Waals surface area contributed by atoms with E-state index in [9.17, 15) is 9.59 Å². The number of nitrogens with zero attached hydrogens (tertiary/aromatic N) is 3. The van der Waals surface area contributed by atoms with E-state index in [1.165, 1.54) is 33.0 Å². The van der Waals surface area contributed by atoms with Crippen molar-refractivity contribution < 1.29 is 28.5 Å². The van der Waals surface area contributed by atoms with Gasteiger partial charge in [0.05, 0.1) is 17.6 Å². The molecule has 0 spiro atoms. The minimum Gasteiger partial charge on any atom is -0.485 e. The monoisotopic (exact) mass is 541 g/mol. The number of amides is 2. The third-order valence-corrected chi connectivity index (χ3v) is 6.44. The predicted molar refractivity (Wildman–Crippen MR) is 125 cm³/mol. The number of ether oxygens (including phenoxy) is 4. The quantitative estimate of drug-likeness (QED) is 0.198. The smallest absolute Gasteiger partial charge is 0.293 e. The van der Waals surface area contributed by atoms with E-state index in [2.05, 4.69) is 25.9 Å². The molecule has 1 saturated heterocycles. The first kappa shape index (κ1) is 24.4. The molecule has 0 saturated carbocycles. The summed E-state index contributed by atoms with van der Waals surface area (Å²) in [5.41, 5.74) is 1.30. The highest BCUT2D eigenvalue weighted by Gasteiger charge is 2.32. The number of imide groups is 1. The SMILES string of the molecule is COCOc1cc(Br)c(/C=C2\SC(=O)N(C)C2=O)cc1OCc1cnc(SC)nc1OC. The molecule has 0 atom stereocenters. The second-order valence-electron chi connectivity index (χ2n) is 6.29. The largest absolute Gasteiger partial charge is 0.485 e. The maximum absolute atomic E-state index is 12.3. The summed E-state index contributed by atoms with van der Waals surface area (Å²) in [6, 6.07) is 3.42. The van der Waals surface area contributed by atoms with Gasteiger partial charge in [-0.2, -0.15) is 4.98 Å². The van der Waals surface area contributed by atoms with Crippen LogP contribution in [0.2, 0.25) is 0 Å². The number of aromatic nitrogens is 2. The van der Waals surface area contributed by atoms with Crippen molar-refractivity contribution in [3.05, 3.63) is 38.8 Å². The molecule has 2 aromatic rings. The lowest BCUT2D eigenvalue weighted by molar-refractivity contribution is -0.121. The number of thioether (sulfide) groups is 2. The first-order chi connectivity index (χ1) is 15.4. The zero-order valence-corrected chi connectivity index (χ0v) is 20.9. The molecule has 2 amide bonds. The van der Waals surface area contributed by atoms with Crippen LogP contribution in [-0.4, -0.2) is 60.3 Å². The minimum absolute atomic E-state index is 0.0196. The van der Waals surface area contributed by atoms with Crippen molar-refractivity contribution in [1.82, 2.24) is 14.9 Å². The number of rotatable bonds is 9. The third kappa shape index (κ3) is 5.55. The van der Waals surface area contributed by atoms with Crippen LogP contribution in [0.15, 0.2) is 32.9 Å². The Morgan fingerprint density at radius 1 is 1.22 bits per heavy atom. The summed E-state index contributed by atoms with van der Waals surface area (Å²) in [6.07, 6.45) is 5.15. The van der Waals surface area contributed by atoms with Crippen LogP contribution in [0.4, 0.5) is 4.79 Å². The highest BCUT2D eigenvalue weighted by Crippen LogP contribution is 2.38. The fourth-order valence-electron chi connectivity index (χ4n) is 2.60. The zero-order chi connectivity index (χ0) is 23.3. The first-order valence-electron chi connectivity index (χ1n) is 9.11. The van der Waals surface area contributed by atoms with Gasteiger partial charge < -0.3 is 18.9 Å². The van der Waals surface area contributed by atoms with Gasteiger partial charge in [0.15, 0.2) is 23.4 Å². The lowest BCUT2D eigenvalue weighted by Gasteiger charge is -2.15. The number of hydrogen-bond donors (Lipinski definition) is 0. The molecule has 32 heavy (non-hydrogen) atoms. The molecule has 1 fully saturated rings. The Morgan fingerprint density at radius 2 is 1.97 bits per heavy atom. The number of methoxy groups -OCH3 is 2. The van der Waals surface area contributed by atoms with Gasteiger partial charge in [-0.25, -0.2) is 4.98 Å². The highest BCUT2D eigenvalue weighted by molar-refractivity contribution is 9.10. The van der Waals surface area contributed by atoms with Gasteiger partial charge in [0.25, 0.3) is 11.1 Å². The summed E-state index contributed by atoms with van der Waals surface area (Å²) >= 11 is 5.77. The van der Waals surface area contributed by atoms with E-state index >= 15 is 0 Å². The Morgan fingerprint density at radius 3 is 2.59 bits per heavy atom. The minimum atomic E-state index is -0.357. The van der Waals surface area contributed by atoms with E-state index in [4.69, 9.17) is 18.9 Å². The summed E-state index contributed by atoms with van der Waals surface area (Å²) in [6.45, 7) is 0.138. The second kappa shape index (κ2) is 11.0. The molecule has 0 N–H and O–H groups in total. The van der Waals surface area contributed by atoms with Crippen molar-refractivity contribution in [2.75, 3.05) is 34.3 Å². The number of carbonyl (C=O) groups excluding carboxylic acids is 2. The Kier molecular flexibility index (Phi) is 8.40. The van der Waals surface area contributed by atoms with Crippen molar-refractivity contribution in [2.45, 2.75) is 11.8 Å². The molecule has 3 rings (SSSR count). The molecule has 9 nitrogen and oxygen atoms in total. The number of benzene rings is 1. The van der Waals surface area contributed by atoms with Crippen LogP contribution in [0.3, 0.4) is 0 Å². The van der Waals surface area contributed by atoms with Gasteiger partial charge >= 0.3 is 0 Å². The van der Waals surface area contributed by atoms with Crippen molar-refractivity contribution >= 4 is 56.7 Å². The molecule has 2 heterocycles.